The number of ether oxygens (including phenoxy) is 1. The summed E-state index contributed by atoms with van der Waals surface area (Å²) in [6.45, 7) is 11.7. The van der Waals surface area contributed by atoms with Gasteiger partial charge in [-0.25, -0.2) is 9.78 Å². The SMILES string of the molecule is COC(=O)c1sc(N2C(=O)C(=O)/C(=C(/O)c3cc(C)ccc3C)C2c2ccc(C(C)(C)C)cc2)nc1C. The highest BCUT2D eigenvalue weighted by Gasteiger charge is 2.48. The molecule has 1 aromatic heterocycles. The summed E-state index contributed by atoms with van der Waals surface area (Å²) in [7, 11) is 1.27. The summed E-state index contributed by atoms with van der Waals surface area (Å²) in [5, 5.41) is 11.7. The third kappa shape index (κ3) is 4.69. The standard InChI is InChI=1S/C29H30N2O5S/c1-15-8-9-16(2)20(14-15)23(32)21-22(18-10-12-19(13-11-18)29(4,5)6)31(26(34)24(21)33)28-30-17(3)25(37-28)27(35)36-7/h8-14,22,32H,1-7H3/b23-21+. The van der Waals surface area contributed by atoms with Crippen LogP contribution in [0.4, 0.5) is 5.13 Å². The summed E-state index contributed by atoms with van der Waals surface area (Å²) in [6.07, 6.45) is 0. The van der Waals surface area contributed by atoms with Crippen LogP contribution in [0, 0.1) is 20.8 Å². The Morgan fingerprint density at radius 2 is 1.70 bits per heavy atom. The molecule has 1 atom stereocenters. The first-order valence-electron chi connectivity index (χ1n) is 11.9. The van der Waals surface area contributed by atoms with Crippen molar-refractivity contribution >= 4 is 39.9 Å². The molecule has 37 heavy (non-hydrogen) atoms. The molecule has 7 nitrogen and oxygen atoms in total. The van der Waals surface area contributed by atoms with Gasteiger partial charge >= 0.3 is 11.9 Å². The average molecular weight is 519 g/mol. The second-order valence-electron chi connectivity index (χ2n) is 10.3. The number of esters is 1. The Morgan fingerprint density at radius 1 is 1.05 bits per heavy atom. The lowest BCUT2D eigenvalue weighted by Gasteiger charge is -2.25. The largest absolute Gasteiger partial charge is 0.507 e. The van der Waals surface area contributed by atoms with Crippen molar-refractivity contribution in [3.63, 3.8) is 0 Å². The highest BCUT2D eigenvalue weighted by atomic mass is 32.1. The number of carbonyl (C=O) groups is 3. The molecule has 1 aliphatic rings. The van der Waals surface area contributed by atoms with Gasteiger partial charge in [0, 0.05) is 5.56 Å². The van der Waals surface area contributed by atoms with Gasteiger partial charge in [0.15, 0.2) is 5.13 Å². The van der Waals surface area contributed by atoms with Gasteiger partial charge in [0.25, 0.3) is 5.78 Å². The van der Waals surface area contributed by atoms with E-state index in [1.165, 1.54) is 12.0 Å². The van der Waals surface area contributed by atoms with Crippen molar-refractivity contribution in [1.82, 2.24) is 4.98 Å². The number of benzene rings is 2. The number of carbonyl (C=O) groups excluding carboxylic acids is 3. The molecule has 192 valence electrons. The molecule has 0 aliphatic carbocycles. The van der Waals surface area contributed by atoms with Crippen molar-refractivity contribution < 1.29 is 24.2 Å². The van der Waals surface area contributed by atoms with Crippen LogP contribution in [0.5, 0.6) is 0 Å². The molecule has 2 heterocycles. The lowest BCUT2D eigenvalue weighted by atomic mass is 9.85. The Kier molecular flexibility index (Phi) is 6.81. The number of Topliss-reactive ketones (excluding diaryl/α,β-unsaturated/α-hetero) is 1. The summed E-state index contributed by atoms with van der Waals surface area (Å²) in [5.41, 5.74) is 4.17. The maximum atomic E-state index is 13.5. The van der Waals surface area contributed by atoms with Gasteiger partial charge in [-0.05, 0) is 48.9 Å². The van der Waals surface area contributed by atoms with Gasteiger partial charge in [-0.2, -0.15) is 0 Å². The van der Waals surface area contributed by atoms with E-state index in [2.05, 4.69) is 25.8 Å². The summed E-state index contributed by atoms with van der Waals surface area (Å²) >= 11 is 0.979. The molecule has 0 saturated carbocycles. The number of hydrogen-bond acceptors (Lipinski definition) is 7. The van der Waals surface area contributed by atoms with Gasteiger partial charge in [-0.3, -0.25) is 14.5 Å². The van der Waals surface area contributed by atoms with Crippen LogP contribution in [-0.2, 0) is 19.7 Å². The summed E-state index contributed by atoms with van der Waals surface area (Å²) < 4.78 is 4.85. The number of nitrogens with zero attached hydrogens (tertiary/aromatic N) is 2. The van der Waals surface area contributed by atoms with Crippen LogP contribution < -0.4 is 4.90 Å². The van der Waals surface area contributed by atoms with E-state index in [9.17, 15) is 19.5 Å². The van der Waals surface area contributed by atoms with E-state index in [1.54, 1.807) is 13.0 Å². The number of anilines is 1. The number of aromatic nitrogens is 1. The molecule has 3 aromatic rings. The van der Waals surface area contributed by atoms with Gasteiger partial charge in [0.2, 0.25) is 0 Å². The molecule has 1 amide bonds. The second-order valence-corrected chi connectivity index (χ2v) is 11.2. The van der Waals surface area contributed by atoms with Gasteiger partial charge in [0.05, 0.1) is 24.4 Å². The van der Waals surface area contributed by atoms with E-state index in [0.717, 1.165) is 28.0 Å². The minimum absolute atomic E-state index is 0.0188. The van der Waals surface area contributed by atoms with Crippen LogP contribution >= 0.6 is 11.3 Å². The molecule has 1 fully saturated rings. The molecule has 2 aromatic carbocycles. The summed E-state index contributed by atoms with van der Waals surface area (Å²) in [4.78, 5) is 45.1. The Balaban J connectivity index is 1.96. The first-order chi connectivity index (χ1) is 17.3. The number of aryl methyl sites for hydroxylation is 3. The Bertz CT molecular complexity index is 1440. The fourth-order valence-corrected chi connectivity index (χ4v) is 5.43. The minimum atomic E-state index is -0.926. The number of hydrogen-bond donors (Lipinski definition) is 1. The van der Waals surface area contributed by atoms with Crippen LogP contribution in [0.3, 0.4) is 0 Å². The highest BCUT2D eigenvalue weighted by molar-refractivity contribution is 7.17. The van der Waals surface area contributed by atoms with Crippen LogP contribution in [0.2, 0.25) is 0 Å². The number of methoxy groups -OCH3 is 1. The van der Waals surface area contributed by atoms with E-state index in [1.807, 2.05) is 50.2 Å². The predicted octanol–water partition coefficient (Wildman–Crippen LogP) is 5.78. The monoisotopic (exact) mass is 518 g/mol. The molecule has 1 aliphatic heterocycles. The smallest absolute Gasteiger partial charge is 0.350 e. The van der Waals surface area contributed by atoms with E-state index in [0.29, 0.717) is 16.8 Å². The highest BCUT2D eigenvalue weighted by Crippen LogP contribution is 2.44. The fourth-order valence-electron chi connectivity index (χ4n) is 4.41. The Hall–Kier alpha value is -3.78. The van der Waals surface area contributed by atoms with E-state index >= 15 is 0 Å². The molecule has 0 spiro atoms. The molecule has 0 bridgehead atoms. The van der Waals surface area contributed by atoms with Crippen LogP contribution in [0.15, 0.2) is 48.0 Å². The topological polar surface area (TPSA) is 96.8 Å². The van der Waals surface area contributed by atoms with Gasteiger partial charge in [-0.15, -0.1) is 0 Å². The van der Waals surface area contributed by atoms with E-state index in [4.69, 9.17) is 4.74 Å². The van der Waals surface area contributed by atoms with Crippen molar-refractivity contribution in [1.29, 1.82) is 0 Å². The molecule has 4 rings (SSSR count). The predicted molar refractivity (Wildman–Crippen MR) is 144 cm³/mol. The second kappa shape index (κ2) is 9.59. The lowest BCUT2D eigenvalue weighted by molar-refractivity contribution is -0.132. The van der Waals surface area contributed by atoms with Gasteiger partial charge < -0.3 is 9.84 Å². The molecule has 1 N–H and O–H groups in total. The first-order valence-corrected chi connectivity index (χ1v) is 12.7. The summed E-state index contributed by atoms with van der Waals surface area (Å²) in [6, 6.07) is 12.3. The lowest BCUT2D eigenvalue weighted by Crippen LogP contribution is -2.29. The van der Waals surface area contributed by atoms with E-state index < -0.39 is 23.7 Å². The van der Waals surface area contributed by atoms with Crippen molar-refractivity contribution in [3.8, 4) is 0 Å². The Morgan fingerprint density at radius 3 is 2.30 bits per heavy atom. The average Bonchev–Trinajstić information content (AvgIpc) is 3.36. The third-order valence-electron chi connectivity index (χ3n) is 6.55. The molecular weight excluding hydrogens is 488 g/mol. The molecule has 0 radical (unpaired) electrons. The van der Waals surface area contributed by atoms with Crippen LogP contribution in [0.25, 0.3) is 5.76 Å². The van der Waals surface area contributed by atoms with Crippen LogP contribution in [0.1, 0.15) is 70.0 Å². The third-order valence-corrected chi connectivity index (χ3v) is 7.68. The zero-order chi connectivity index (χ0) is 27.2. The fraction of sp³-hybridized carbons (Fsp3) is 0.310. The van der Waals surface area contributed by atoms with Crippen LogP contribution in [-0.4, -0.2) is 34.9 Å². The number of ketones is 1. The maximum Gasteiger partial charge on any atom is 0.350 e. The number of aliphatic hydroxyl groups is 1. The normalized spacial score (nSPS) is 17.4. The van der Waals surface area contributed by atoms with Crippen molar-refractivity contribution in [2.24, 2.45) is 0 Å². The summed E-state index contributed by atoms with van der Waals surface area (Å²) in [5.74, 6) is -2.44. The van der Waals surface area contributed by atoms with Crippen molar-refractivity contribution in [2.75, 3.05) is 12.0 Å². The van der Waals surface area contributed by atoms with Crippen molar-refractivity contribution in [2.45, 2.75) is 53.0 Å². The van der Waals surface area contributed by atoms with Gasteiger partial charge in [-0.1, -0.05) is 74.1 Å². The Labute approximate surface area is 220 Å². The number of thiazole rings is 1. The first kappa shape index (κ1) is 26.3. The number of rotatable bonds is 4. The molecular formula is C29H30N2O5S. The van der Waals surface area contributed by atoms with Gasteiger partial charge in [0.1, 0.15) is 10.6 Å². The zero-order valence-corrected chi connectivity index (χ0v) is 22.8. The van der Waals surface area contributed by atoms with E-state index in [-0.39, 0.29) is 26.8 Å². The molecule has 1 saturated heterocycles. The number of aliphatic hydroxyl groups excluding tert-OH is 1. The quantitative estimate of drug-likeness (QED) is 0.204. The van der Waals surface area contributed by atoms with Crippen molar-refractivity contribution in [3.05, 3.63) is 86.4 Å². The molecule has 1 unspecified atom stereocenters. The molecule has 8 heteroatoms. The zero-order valence-electron chi connectivity index (χ0n) is 22.0. The number of amides is 1. The minimum Gasteiger partial charge on any atom is -0.507 e. The maximum absolute atomic E-state index is 13.5.